The second-order valence-corrected chi connectivity index (χ2v) is 3.78. The summed E-state index contributed by atoms with van der Waals surface area (Å²) in [6.07, 6.45) is 3.77. The third kappa shape index (κ3) is 3.55. The molecule has 0 bridgehead atoms. The van der Waals surface area contributed by atoms with Gasteiger partial charge in [0.25, 0.3) is 0 Å². The van der Waals surface area contributed by atoms with E-state index in [9.17, 15) is 0 Å². The first kappa shape index (κ1) is 10.0. The Labute approximate surface area is 75.7 Å². The van der Waals surface area contributed by atoms with Gasteiger partial charge in [0.1, 0.15) is 0 Å². The van der Waals surface area contributed by atoms with Crippen LogP contribution < -0.4 is 5.32 Å². The van der Waals surface area contributed by atoms with Crippen molar-refractivity contribution in [1.82, 2.24) is 5.32 Å². The van der Waals surface area contributed by atoms with E-state index in [1.807, 2.05) is 0 Å². The van der Waals surface area contributed by atoms with Gasteiger partial charge in [-0.1, -0.05) is 6.92 Å². The van der Waals surface area contributed by atoms with Gasteiger partial charge in [-0.15, -0.1) is 0 Å². The fourth-order valence-electron chi connectivity index (χ4n) is 1.49. The highest BCUT2D eigenvalue weighted by atomic mass is 16.5. The molecule has 0 aliphatic carbocycles. The molecule has 1 heterocycles. The highest BCUT2D eigenvalue weighted by molar-refractivity contribution is 4.66. The highest BCUT2D eigenvalue weighted by Crippen LogP contribution is 2.15. The number of hydrogen-bond acceptors (Lipinski definition) is 2. The Hall–Kier alpha value is -0.0800. The molecule has 0 aromatic carbocycles. The minimum atomic E-state index is 0.673. The van der Waals surface area contributed by atoms with Gasteiger partial charge < -0.3 is 10.1 Å². The minimum Gasteiger partial charge on any atom is -0.381 e. The van der Waals surface area contributed by atoms with Crippen LogP contribution in [0.5, 0.6) is 0 Å². The third-order valence-corrected chi connectivity index (χ3v) is 2.68. The van der Waals surface area contributed by atoms with Crippen LogP contribution in [0.4, 0.5) is 0 Å². The average Bonchev–Trinajstić information content (AvgIpc) is 2.57. The predicted octanol–water partition coefficient (Wildman–Crippen LogP) is 1.80. The molecule has 0 radical (unpaired) electrons. The van der Waals surface area contributed by atoms with Crippen molar-refractivity contribution in [2.75, 3.05) is 19.8 Å². The summed E-state index contributed by atoms with van der Waals surface area (Å²) in [4.78, 5) is 0. The van der Waals surface area contributed by atoms with Gasteiger partial charge in [0.15, 0.2) is 0 Å². The van der Waals surface area contributed by atoms with Crippen molar-refractivity contribution in [3.8, 4) is 0 Å². The van der Waals surface area contributed by atoms with E-state index in [0.29, 0.717) is 6.04 Å². The number of nitrogens with one attached hydrogen (secondary N) is 1. The van der Waals surface area contributed by atoms with E-state index >= 15 is 0 Å². The van der Waals surface area contributed by atoms with Crippen LogP contribution in [0.25, 0.3) is 0 Å². The van der Waals surface area contributed by atoms with Gasteiger partial charge in [-0.3, -0.25) is 0 Å². The first-order valence-electron chi connectivity index (χ1n) is 5.14. The van der Waals surface area contributed by atoms with E-state index in [-0.39, 0.29) is 0 Å². The molecule has 1 aliphatic heterocycles. The summed E-state index contributed by atoms with van der Waals surface area (Å²) >= 11 is 0. The lowest BCUT2D eigenvalue weighted by atomic mass is 10.1. The van der Waals surface area contributed by atoms with Crippen LogP contribution in [0.1, 0.15) is 33.1 Å². The van der Waals surface area contributed by atoms with Crippen molar-refractivity contribution in [2.45, 2.75) is 39.2 Å². The van der Waals surface area contributed by atoms with E-state index in [4.69, 9.17) is 4.74 Å². The van der Waals surface area contributed by atoms with Gasteiger partial charge in [0.05, 0.1) is 0 Å². The van der Waals surface area contributed by atoms with Gasteiger partial charge in [-0.2, -0.15) is 0 Å². The monoisotopic (exact) mass is 171 g/mol. The molecule has 0 amide bonds. The van der Waals surface area contributed by atoms with Gasteiger partial charge in [-0.25, -0.2) is 0 Å². The molecule has 0 aromatic rings. The Kier molecular flexibility index (Phi) is 4.62. The van der Waals surface area contributed by atoms with Crippen molar-refractivity contribution >= 4 is 0 Å². The Bertz CT molecular complexity index is 110. The lowest BCUT2D eigenvalue weighted by Crippen LogP contribution is -2.27. The summed E-state index contributed by atoms with van der Waals surface area (Å²) in [7, 11) is 0. The van der Waals surface area contributed by atoms with Crippen LogP contribution in [0.3, 0.4) is 0 Å². The van der Waals surface area contributed by atoms with Crippen molar-refractivity contribution in [3.05, 3.63) is 0 Å². The van der Waals surface area contributed by atoms with Crippen LogP contribution in [0.15, 0.2) is 0 Å². The standard InChI is InChI=1S/C10H21NO/c1-3-9(2)11-6-4-10-5-7-12-8-10/h9-11H,3-8H2,1-2H3. The van der Waals surface area contributed by atoms with E-state index < -0.39 is 0 Å². The summed E-state index contributed by atoms with van der Waals surface area (Å²) in [6.45, 7) is 7.58. The molecule has 1 rings (SSSR count). The maximum absolute atomic E-state index is 5.31. The van der Waals surface area contributed by atoms with Crippen molar-refractivity contribution in [1.29, 1.82) is 0 Å². The zero-order valence-corrected chi connectivity index (χ0v) is 8.31. The van der Waals surface area contributed by atoms with Crippen LogP contribution in [-0.4, -0.2) is 25.8 Å². The topological polar surface area (TPSA) is 21.3 Å². The highest BCUT2D eigenvalue weighted by Gasteiger charge is 2.14. The van der Waals surface area contributed by atoms with Crippen LogP contribution in [0, 0.1) is 5.92 Å². The van der Waals surface area contributed by atoms with Crippen LogP contribution in [-0.2, 0) is 4.74 Å². The molecule has 12 heavy (non-hydrogen) atoms. The van der Waals surface area contributed by atoms with Crippen molar-refractivity contribution < 1.29 is 4.74 Å². The maximum Gasteiger partial charge on any atom is 0.0495 e. The van der Waals surface area contributed by atoms with Crippen molar-refractivity contribution in [3.63, 3.8) is 0 Å². The molecule has 0 saturated carbocycles. The summed E-state index contributed by atoms with van der Waals surface area (Å²) in [5.41, 5.74) is 0. The fourth-order valence-corrected chi connectivity index (χ4v) is 1.49. The number of hydrogen-bond donors (Lipinski definition) is 1. The van der Waals surface area contributed by atoms with E-state index in [2.05, 4.69) is 19.2 Å². The SMILES string of the molecule is CCC(C)NCCC1CCOC1. The third-order valence-electron chi connectivity index (χ3n) is 2.68. The van der Waals surface area contributed by atoms with E-state index in [1.165, 1.54) is 19.3 Å². The Balaban J connectivity index is 1.94. The van der Waals surface area contributed by atoms with Gasteiger partial charge in [0.2, 0.25) is 0 Å². The quantitative estimate of drug-likeness (QED) is 0.681. The molecule has 1 aliphatic rings. The smallest absolute Gasteiger partial charge is 0.0495 e. The first-order valence-corrected chi connectivity index (χ1v) is 5.14. The zero-order valence-electron chi connectivity index (χ0n) is 8.31. The normalized spacial score (nSPS) is 26.0. The Morgan fingerprint density at radius 3 is 3.00 bits per heavy atom. The van der Waals surface area contributed by atoms with Gasteiger partial charge in [0, 0.05) is 19.3 Å². The molecule has 1 N–H and O–H groups in total. The largest absolute Gasteiger partial charge is 0.381 e. The van der Waals surface area contributed by atoms with Gasteiger partial charge >= 0.3 is 0 Å². The summed E-state index contributed by atoms with van der Waals surface area (Å²) in [5, 5.41) is 3.50. The number of ether oxygens (including phenoxy) is 1. The molecular formula is C10H21NO. The molecule has 2 heteroatoms. The molecule has 2 unspecified atom stereocenters. The molecule has 1 fully saturated rings. The lowest BCUT2D eigenvalue weighted by molar-refractivity contribution is 0.184. The minimum absolute atomic E-state index is 0.673. The van der Waals surface area contributed by atoms with Crippen molar-refractivity contribution in [2.24, 2.45) is 5.92 Å². The second kappa shape index (κ2) is 5.55. The first-order chi connectivity index (χ1) is 5.83. The van der Waals surface area contributed by atoms with E-state index in [1.54, 1.807) is 0 Å². The molecule has 72 valence electrons. The summed E-state index contributed by atoms with van der Waals surface area (Å²) in [6, 6.07) is 0.673. The zero-order chi connectivity index (χ0) is 8.81. The molecule has 0 aromatic heterocycles. The van der Waals surface area contributed by atoms with Gasteiger partial charge in [-0.05, 0) is 38.6 Å². The molecule has 2 atom stereocenters. The maximum atomic E-state index is 5.31. The lowest BCUT2D eigenvalue weighted by Gasteiger charge is -2.12. The summed E-state index contributed by atoms with van der Waals surface area (Å²) < 4.78 is 5.31. The molecular weight excluding hydrogens is 150 g/mol. The second-order valence-electron chi connectivity index (χ2n) is 3.78. The molecule has 2 nitrogen and oxygen atoms in total. The van der Waals surface area contributed by atoms with E-state index in [0.717, 1.165) is 25.7 Å². The predicted molar refractivity (Wildman–Crippen MR) is 51.3 cm³/mol. The van der Waals surface area contributed by atoms with Crippen LogP contribution >= 0.6 is 0 Å². The Morgan fingerprint density at radius 1 is 1.58 bits per heavy atom. The molecule has 1 saturated heterocycles. The molecule has 0 spiro atoms. The van der Waals surface area contributed by atoms with Crippen LogP contribution in [0.2, 0.25) is 0 Å². The average molecular weight is 171 g/mol. The number of rotatable bonds is 5. The summed E-state index contributed by atoms with van der Waals surface area (Å²) in [5.74, 6) is 0.821. The fraction of sp³-hybridized carbons (Fsp3) is 1.00. The Morgan fingerprint density at radius 2 is 2.42 bits per heavy atom.